The first-order valence-electron chi connectivity index (χ1n) is 7.84. The fourth-order valence-electron chi connectivity index (χ4n) is 3.16. The molecule has 0 fully saturated rings. The summed E-state index contributed by atoms with van der Waals surface area (Å²) < 4.78 is 34.2. The summed E-state index contributed by atoms with van der Waals surface area (Å²) in [6.07, 6.45) is 5.05. The van der Waals surface area contributed by atoms with Crippen molar-refractivity contribution in [2.75, 3.05) is 18.9 Å². The highest BCUT2D eigenvalue weighted by molar-refractivity contribution is 7.89. The number of benzene rings is 1. The van der Waals surface area contributed by atoms with Crippen LogP contribution in [0, 0.1) is 0 Å². The molecule has 0 amide bonds. The molecule has 0 radical (unpaired) electrons. The molecule has 1 aromatic carbocycles. The zero-order chi connectivity index (χ0) is 15.9. The van der Waals surface area contributed by atoms with Crippen LogP contribution < -0.4 is 4.74 Å². The van der Waals surface area contributed by atoms with Gasteiger partial charge in [-0.2, -0.15) is 4.31 Å². The molecule has 1 aromatic heterocycles. The lowest BCUT2D eigenvalue weighted by atomic mass is 10.1. The molecular weight excluding hydrogens is 314 g/mol. The van der Waals surface area contributed by atoms with Crippen LogP contribution in [0.4, 0.5) is 0 Å². The summed E-state index contributed by atoms with van der Waals surface area (Å²) in [5.74, 6) is 1.88. The maximum atomic E-state index is 12.6. The van der Waals surface area contributed by atoms with Gasteiger partial charge < -0.3 is 9.30 Å². The third-order valence-corrected chi connectivity index (χ3v) is 6.32. The normalized spacial score (nSPS) is 17.6. The Morgan fingerprint density at radius 1 is 1.26 bits per heavy atom. The third-order valence-electron chi connectivity index (χ3n) is 4.51. The van der Waals surface area contributed by atoms with Crippen LogP contribution in [-0.4, -0.2) is 41.2 Å². The third kappa shape index (κ3) is 2.86. The monoisotopic (exact) mass is 333 g/mol. The lowest BCUT2D eigenvalue weighted by molar-refractivity contribution is 0.335. The Morgan fingerprint density at radius 3 is 3.09 bits per heavy atom. The first kappa shape index (κ1) is 14.7. The van der Waals surface area contributed by atoms with Crippen LogP contribution in [0.25, 0.3) is 0 Å². The molecule has 0 aliphatic carbocycles. The molecule has 0 spiro atoms. The molecule has 0 bridgehead atoms. The number of aromatic nitrogens is 2. The largest absolute Gasteiger partial charge is 0.493 e. The molecule has 2 aromatic rings. The minimum atomic E-state index is -3.27. The molecule has 0 N–H and O–H groups in total. The fraction of sp³-hybridized carbons (Fsp3) is 0.438. The Hall–Kier alpha value is -1.86. The predicted octanol–water partition coefficient (Wildman–Crippen LogP) is 1.21. The summed E-state index contributed by atoms with van der Waals surface area (Å²) in [4.78, 5) is 4.22. The van der Waals surface area contributed by atoms with E-state index in [0.29, 0.717) is 26.1 Å². The number of aryl methyl sites for hydroxylation is 1. The fourth-order valence-corrected chi connectivity index (χ4v) is 4.58. The van der Waals surface area contributed by atoms with Crippen LogP contribution in [0.2, 0.25) is 0 Å². The van der Waals surface area contributed by atoms with E-state index in [0.717, 1.165) is 30.2 Å². The Labute approximate surface area is 135 Å². The number of imidazole rings is 1. The van der Waals surface area contributed by atoms with E-state index in [9.17, 15) is 8.42 Å². The highest BCUT2D eigenvalue weighted by atomic mass is 32.2. The molecule has 2 aliphatic rings. The van der Waals surface area contributed by atoms with Crippen molar-refractivity contribution in [3.05, 3.63) is 47.5 Å². The molecule has 2 aliphatic heterocycles. The molecule has 0 saturated heterocycles. The first-order valence-corrected chi connectivity index (χ1v) is 9.45. The summed E-state index contributed by atoms with van der Waals surface area (Å²) in [6, 6.07) is 5.98. The second-order valence-corrected chi connectivity index (χ2v) is 8.07. The van der Waals surface area contributed by atoms with Crippen LogP contribution in [0.15, 0.2) is 30.6 Å². The average molecular weight is 333 g/mol. The van der Waals surface area contributed by atoms with E-state index in [1.165, 1.54) is 5.56 Å². The minimum Gasteiger partial charge on any atom is -0.493 e. The second-order valence-electron chi connectivity index (χ2n) is 5.98. The molecule has 23 heavy (non-hydrogen) atoms. The molecule has 4 rings (SSSR count). The topological polar surface area (TPSA) is 64.4 Å². The van der Waals surface area contributed by atoms with Gasteiger partial charge in [0, 0.05) is 31.9 Å². The first-order chi connectivity index (χ1) is 11.1. The van der Waals surface area contributed by atoms with Gasteiger partial charge in [0.15, 0.2) is 0 Å². The van der Waals surface area contributed by atoms with Gasteiger partial charge in [0.25, 0.3) is 0 Å². The lowest BCUT2D eigenvalue weighted by Crippen LogP contribution is -2.39. The predicted molar refractivity (Wildman–Crippen MR) is 85.8 cm³/mol. The van der Waals surface area contributed by atoms with Gasteiger partial charge in [-0.05, 0) is 23.6 Å². The Morgan fingerprint density at radius 2 is 2.17 bits per heavy atom. The van der Waals surface area contributed by atoms with E-state index in [-0.39, 0.29) is 5.75 Å². The Kier molecular flexibility index (Phi) is 3.61. The molecular formula is C16H19N3O3S. The average Bonchev–Trinajstić information content (AvgIpc) is 3.20. The number of sulfonamides is 1. The molecule has 0 unspecified atom stereocenters. The van der Waals surface area contributed by atoms with Crippen molar-refractivity contribution in [3.63, 3.8) is 0 Å². The molecule has 6 nitrogen and oxygen atoms in total. The van der Waals surface area contributed by atoms with Crippen LogP contribution in [0.3, 0.4) is 0 Å². The van der Waals surface area contributed by atoms with Gasteiger partial charge in [-0.15, -0.1) is 0 Å². The van der Waals surface area contributed by atoms with E-state index >= 15 is 0 Å². The molecule has 7 heteroatoms. The number of nitrogens with zero attached hydrogens (tertiary/aromatic N) is 3. The summed E-state index contributed by atoms with van der Waals surface area (Å²) in [5.41, 5.74) is 2.23. The molecule has 0 saturated carbocycles. The van der Waals surface area contributed by atoms with E-state index in [1.807, 2.05) is 22.9 Å². The number of ether oxygens (including phenoxy) is 1. The quantitative estimate of drug-likeness (QED) is 0.843. The number of hydrogen-bond acceptors (Lipinski definition) is 4. The maximum Gasteiger partial charge on any atom is 0.214 e. The Bertz CT molecular complexity index is 829. The summed E-state index contributed by atoms with van der Waals surface area (Å²) in [6.45, 7) is 2.28. The van der Waals surface area contributed by atoms with Crippen molar-refractivity contribution >= 4 is 10.0 Å². The van der Waals surface area contributed by atoms with Crippen molar-refractivity contribution in [2.24, 2.45) is 0 Å². The van der Waals surface area contributed by atoms with Crippen LogP contribution >= 0.6 is 0 Å². The SMILES string of the molecule is O=S(=O)(CCc1ccc2c(c1)CCO2)N1CCn2ccnc2C1. The van der Waals surface area contributed by atoms with Gasteiger partial charge in [0.05, 0.1) is 18.9 Å². The molecule has 122 valence electrons. The zero-order valence-electron chi connectivity index (χ0n) is 12.8. The van der Waals surface area contributed by atoms with Crippen molar-refractivity contribution in [2.45, 2.75) is 25.9 Å². The van der Waals surface area contributed by atoms with Crippen molar-refractivity contribution in [3.8, 4) is 5.75 Å². The smallest absolute Gasteiger partial charge is 0.214 e. The second kappa shape index (κ2) is 5.65. The van der Waals surface area contributed by atoms with Crippen LogP contribution in [0.1, 0.15) is 17.0 Å². The van der Waals surface area contributed by atoms with Gasteiger partial charge in [0.2, 0.25) is 10.0 Å². The van der Waals surface area contributed by atoms with Gasteiger partial charge in [-0.3, -0.25) is 0 Å². The zero-order valence-corrected chi connectivity index (χ0v) is 13.6. The van der Waals surface area contributed by atoms with Crippen molar-refractivity contribution in [1.82, 2.24) is 13.9 Å². The van der Waals surface area contributed by atoms with E-state index in [2.05, 4.69) is 11.1 Å². The number of fused-ring (bicyclic) bond motifs is 2. The standard InChI is InChI=1S/C16H19N3O3S/c20-23(21,19-8-7-18-6-5-17-16(18)12-19)10-4-13-1-2-15-14(11-13)3-9-22-15/h1-2,5-6,11H,3-4,7-10,12H2. The number of rotatable bonds is 4. The van der Waals surface area contributed by atoms with Crippen molar-refractivity contribution in [1.29, 1.82) is 0 Å². The van der Waals surface area contributed by atoms with Gasteiger partial charge in [-0.1, -0.05) is 12.1 Å². The van der Waals surface area contributed by atoms with Crippen LogP contribution in [-0.2, 0) is 36.0 Å². The van der Waals surface area contributed by atoms with Crippen molar-refractivity contribution < 1.29 is 13.2 Å². The van der Waals surface area contributed by atoms with Gasteiger partial charge in [0.1, 0.15) is 11.6 Å². The summed E-state index contributed by atoms with van der Waals surface area (Å²) in [7, 11) is -3.27. The summed E-state index contributed by atoms with van der Waals surface area (Å²) >= 11 is 0. The molecule has 3 heterocycles. The highest BCUT2D eigenvalue weighted by Crippen LogP contribution is 2.26. The molecule has 0 atom stereocenters. The van der Waals surface area contributed by atoms with Crippen LogP contribution in [0.5, 0.6) is 5.75 Å². The van der Waals surface area contributed by atoms with E-state index < -0.39 is 10.0 Å². The van der Waals surface area contributed by atoms with Gasteiger partial charge >= 0.3 is 0 Å². The lowest BCUT2D eigenvalue weighted by Gasteiger charge is -2.27. The Balaban J connectivity index is 1.44. The maximum absolute atomic E-state index is 12.6. The van der Waals surface area contributed by atoms with E-state index in [1.54, 1.807) is 10.5 Å². The number of hydrogen-bond donors (Lipinski definition) is 0. The summed E-state index contributed by atoms with van der Waals surface area (Å²) in [5, 5.41) is 0. The minimum absolute atomic E-state index is 0.132. The van der Waals surface area contributed by atoms with Gasteiger partial charge in [-0.25, -0.2) is 13.4 Å². The highest BCUT2D eigenvalue weighted by Gasteiger charge is 2.27. The van der Waals surface area contributed by atoms with E-state index in [4.69, 9.17) is 4.74 Å².